The predicted molar refractivity (Wildman–Crippen MR) is 134 cm³/mol. The highest BCUT2D eigenvalue weighted by atomic mass is 32.1. The maximum absolute atomic E-state index is 10.4. The number of rotatable bonds is 8. The Morgan fingerprint density at radius 2 is 1.50 bits per heavy atom. The molecule has 0 amide bonds. The summed E-state index contributed by atoms with van der Waals surface area (Å²) in [6.07, 6.45) is 3.34. The van der Waals surface area contributed by atoms with Crippen LogP contribution in [-0.4, -0.2) is 22.3 Å². The molecule has 0 bridgehead atoms. The van der Waals surface area contributed by atoms with E-state index in [0.29, 0.717) is 12.6 Å². The number of hydrogen-bond acceptors (Lipinski definition) is 6. The Balaban J connectivity index is 1.68. The first-order valence-electron chi connectivity index (χ1n) is 10.5. The van der Waals surface area contributed by atoms with Crippen molar-refractivity contribution in [2.75, 3.05) is 5.32 Å². The topological polar surface area (TPSA) is 83.8 Å². The van der Waals surface area contributed by atoms with Crippen molar-refractivity contribution in [1.82, 2.24) is 4.98 Å². The summed E-state index contributed by atoms with van der Waals surface area (Å²) < 4.78 is 0. The standard InChI is InChI=1S/C27H21N3O3S/c31-25(32)19-28-33-18-10-17-24-20-34-26(29-24)30-27(21-11-4-1-5-12-21,22-13-6-2-7-14-22)23-15-8-3-9-16-23/h1-9,11-16,19-20H,17H2,(H,29,30)(H,31,32)/b28-19+. The molecule has 0 spiro atoms. The van der Waals surface area contributed by atoms with Crippen LogP contribution in [0.4, 0.5) is 5.13 Å². The zero-order valence-corrected chi connectivity index (χ0v) is 18.9. The molecule has 7 heteroatoms. The highest BCUT2D eigenvalue weighted by molar-refractivity contribution is 7.13. The molecule has 4 rings (SSSR count). The number of thiazole rings is 1. The maximum atomic E-state index is 10.4. The SMILES string of the molecule is O=C(O)/C=N/OC#CCc1csc(NC(c2ccccc2)(c2ccccc2)c2ccccc2)n1. The van der Waals surface area contributed by atoms with Crippen molar-refractivity contribution in [3.8, 4) is 12.0 Å². The van der Waals surface area contributed by atoms with E-state index in [1.165, 1.54) is 11.3 Å². The van der Waals surface area contributed by atoms with E-state index >= 15 is 0 Å². The molecule has 0 saturated heterocycles. The Morgan fingerprint density at radius 1 is 0.971 bits per heavy atom. The van der Waals surface area contributed by atoms with E-state index in [0.717, 1.165) is 27.5 Å². The van der Waals surface area contributed by atoms with Crippen LogP contribution in [0.15, 0.2) is 102 Å². The van der Waals surface area contributed by atoms with Crippen LogP contribution in [-0.2, 0) is 21.6 Å². The molecule has 0 unspecified atom stereocenters. The first-order valence-corrected chi connectivity index (χ1v) is 11.4. The minimum atomic E-state index is -1.20. The number of carbonyl (C=O) groups is 1. The minimum absolute atomic E-state index is 0.343. The molecule has 4 aromatic rings. The number of nitrogens with one attached hydrogen (secondary N) is 1. The van der Waals surface area contributed by atoms with Crippen molar-refractivity contribution in [3.05, 3.63) is 119 Å². The van der Waals surface area contributed by atoms with E-state index in [4.69, 9.17) is 10.1 Å². The Kier molecular flexibility index (Phi) is 7.33. The fraction of sp³-hybridized carbons (Fsp3) is 0.0741. The van der Waals surface area contributed by atoms with Gasteiger partial charge < -0.3 is 15.3 Å². The van der Waals surface area contributed by atoms with E-state index in [9.17, 15) is 4.79 Å². The normalized spacial score (nSPS) is 10.9. The lowest BCUT2D eigenvalue weighted by molar-refractivity contribution is -0.128. The average Bonchev–Trinajstić information content (AvgIpc) is 3.33. The van der Waals surface area contributed by atoms with Crippen molar-refractivity contribution in [1.29, 1.82) is 0 Å². The summed E-state index contributed by atoms with van der Waals surface area (Å²) in [7, 11) is 0. The lowest BCUT2D eigenvalue weighted by Gasteiger charge is -2.36. The molecule has 34 heavy (non-hydrogen) atoms. The largest absolute Gasteiger partial charge is 0.477 e. The molecule has 0 atom stereocenters. The van der Waals surface area contributed by atoms with Crippen LogP contribution < -0.4 is 5.32 Å². The van der Waals surface area contributed by atoms with Gasteiger partial charge in [-0.3, -0.25) is 0 Å². The van der Waals surface area contributed by atoms with Crippen LogP contribution in [0.5, 0.6) is 0 Å². The van der Waals surface area contributed by atoms with E-state index < -0.39 is 11.5 Å². The number of aliphatic carboxylic acids is 1. The monoisotopic (exact) mass is 467 g/mol. The molecule has 1 aromatic heterocycles. The van der Waals surface area contributed by atoms with Crippen molar-refractivity contribution < 1.29 is 14.7 Å². The summed E-state index contributed by atoms with van der Waals surface area (Å²) in [6, 6.07) is 30.9. The van der Waals surface area contributed by atoms with Gasteiger partial charge in [0.05, 0.1) is 12.1 Å². The van der Waals surface area contributed by atoms with Crippen LogP contribution in [0, 0.1) is 12.0 Å². The summed E-state index contributed by atoms with van der Waals surface area (Å²) in [5.41, 5.74) is 3.39. The lowest BCUT2D eigenvalue weighted by atomic mass is 9.77. The van der Waals surface area contributed by atoms with Gasteiger partial charge in [0.2, 0.25) is 0 Å². The number of nitrogens with zero attached hydrogens (tertiary/aromatic N) is 2. The van der Waals surface area contributed by atoms with Crippen molar-refractivity contribution in [3.63, 3.8) is 0 Å². The number of hydrogen-bond donors (Lipinski definition) is 2. The van der Waals surface area contributed by atoms with Gasteiger partial charge in [-0.05, 0) is 16.7 Å². The van der Waals surface area contributed by atoms with Crippen LogP contribution in [0.3, 0.4) is 0 Å². The number of anilines is 1. The van der Waals surface area contributed by atoms with E-state index in [2.05, 4.69) is 63.7 Å². The number of carboxylic acids is 1. The Hall–Kier alpha value is -4.41. The second kappa shape index (κ2) is 10.9. The molecule has 168 valence electrons. The predicted octanol–water partition coefficient (Wildman–Crippen LogP) is 5.14. The van der Waals surface area contributed by atoms with Crippen molar-refractivity contribution in [2.24, 2.45) is 5.16 Å². The Morgan fingerprint density at radius 3 is 2.00 bits per heavy atom. The van der Waals surface area contributed by atoms with Crippen LogP contribution in [0.2, 0.25) is 0 Å². The van der Waals surface area contributed by atoms with Gasteiger partial charge in [-0.2, -0.15) is 0 Å². The van der Waals surface area contributed by atoms with Crippen LogP contribution in [0.25, 0.3) is 0 Å². The van der Waals surface area contributed by atoms with Gasteiger partial charge in [0.25, 0.3) is 0 Å². The first kappa shape index (κ1) is 22.8. The van der Waals surface area contributed by atoms with Gasteiger partial charge in [-0.1, -0.05) is 102 Å². The highest BCUT2D eigenvalue weighted by Crippen LogP contribution is 2.40. The maximum Gasteiger partial charge on any atom is 0.350 e. The van der Waals surface area contributed by atoms with Gasteiger partial charge in [0.1, 0.15) is 11.6 Å². The summed E-state index contributed by atoms with van der Waals surface area (Å²) >= 11 is 1.49. The molecule has 6 nitrogen and oxygen atoms in total. The van der Waals surface area contributed by atoms with Gasteiger partial charge in [-0.25, -0.2) is 9.78 Å². The third kappa shape index (κ3) is 5.31. The molecule has 2 N–H and O–H groups in total. The fourth-order valence-corrected chi connectivity index (χ4v) is 4.41. The molecular formula is C27H21N3O3S. The molecule has 0 aliphatic carbocycles. The van der Waals surface area contributed by atoms with Crippen LogP contribution in [0.1, 0.15) is 22.4 Å². The van der Waals surface area contributed by atoms with E-state index in [1.807, 2.05) is 60.0 Å². The number of benzene rings is 3. The van der Waals surface area contributed by atoms with Gasteiger partial charge in [-0.15, -0.1) is 11.3 Å². The second-order valence-corrected chi connectivity index (χ2v) is 8.09. The zero-order valence-electron chi connectivity index (χ0n) is 18.1. The van der Waals surface area contributed by atoms with Gasteiger partial charge in [0.15, 0.2) is 11.3 Å². The summed E-state index contributed by atoms with van der Waals surface area (Å²) in [6.45, 7) is 0. The summed E-state index contributed by atoms with van der Waals surface area (Å²) in [4.78, 5) is 19.7. The van der Waals surface area contributed by atoms with Gasteiger partial charge in [0, 0.05) is 5.38 Å². The molecule has 1 heterocycles. The number of oxime groups is 1. The zero-order chi connectivity index (χ0) is 23.6. The number of carboxylic acid groups (broad SMARTS) is 1. The Labute approximate surface area is 201 Å². The third-order valence-electron chi connectivity index (χ3n) is 5.07. The highest BCUT2D eigenvalue weighted by Gasteiger charge is 2.37. The molecule has 3 aromatic carbocycles. The first-order chi connectivity index (χ1) is 16.7. The smallest absolute Gasteiger partial charge is 0.350 e. The van der Waals surface area contributed by atoms with Crippen LogP contribution >= 0.6 is 11.3 Å². The summed E-state index contributed by atoms with van der Waals surface area (Å²) in [5.74, 6) is 1.59. The van der Waals surface area contributed by atoms with E-state index in [1.54, 1.807) is 0 Å². The molecular weight excluding hydrogens is 446 g/mol. The lowest BCUT2D eigenvalue weighted by Crippen LogP contribution is -2.38. The molecule has 0 saturated carbocycles. The second-order valence-electron chi connectivity index (χ2n) is 7.24. The Bertz CT molecular complexity index is 1210. The van der Waals surface area contributed by atoms with Crippen molar-refractivity contribution in [2.45, 2.75) is 12.0 Å². The fourth-order valence-electron chi connectivity index (χ4n) is 3.64. The molecule has 0 aliphatic rings. The van der Waals surface area contributed by atoms with Crippen molar-refractivity contribution >= 4 is 28.7 Å². The molecule has 0 aliphatic heterocycles. The quantitative estimate of drug-likeness (QED) is 0.162. The third-order valence-corrected chi connectivity index (χ3v) is 5.88. The summed E-state index contributed by atoms with van der Waals surface area (Å²) in [5, 5.41) is 18.1. The van der Waals surface area contributed by atoms with E-state index in [-0.39, 0.29) is 0 Å². The molecule has 0 radical (unpaired) electrons. The molecule has 0 fully saturated rings. The van der Waals surface area contributed by atoms with Gasteiger partial charge >= 0.3 is 5.97 Å². The average molecular weight is 468 g/mol. The number of aromatic nitrogens is 1. The minimum Gasteiger partial charge on any atom is -0.477 e.